The number of unbranched alkanes of at least 4 members (excludes halogenated alkanes) is 2. The van der Waals surface area contributed by atoms with E-state index in [1.54, 1.807) is 0 Å². The summed E-state index contributed by atoms with van der Waals surface area (Å²) in [5.41, 5.74) is 1.27. The van der Waals surface area contributed by atoms with E-state index in [-0.39, 0.29) is 5.97 Å². The highest BCUT2D eigenvalue weighted by Crippen LogP contribution is 2.25. The SMILES string of the molecule is COC(=O)CCCC/C=C(/CNC1CCN(C(C)C)CC1)COc1cccc2ccccc12. The van der Waals surface area contributed by atoms with Crippen molar-refractivity contribution in [2.24, 2.45) is 0 Å². The van der Waals surface area contributed by atoms with Gasteiger partial charge in [-0.2, -0.15) is 0 Å². The third-order valence-electron chi connectivity index (χ3n) is 6.54. The van der Waals surface area contributed by atoms with Gasteiger partial charge in [0.1, 0.15) is 12.4 Å². The lowest BCUT2D eigenvalue weighted by atomic mass is 10.0. The molecule has 1 aliphatic heterocycles. The van der Waals surface area contributed by atoms with Crippen LogP contribution in [0.1, 0.15) is 52.4 Å². The van der Waals surface area contributed by atoms with Crippen molar-refractivity contribution >= 4 is 16.7 Å². The molecule has 0 aliphatic carbocycles. The van der Waals surface area contributed by atoms with E-state index in [0.29, 0.717) is 25.1 Å². The van der Waals surface area contributed by atoms with Gasteiger partial charge in [-0.15, -0.1) is 0 Å². The van der Waals surface area contributed by atoms with Gasteiger partial charge in [-0.3, -0.25) is 4.79 Å². The fourth-order valence-corrected chi connectivity index (χ4v) is 4.39. The number of hydrogen-bond acceptors (Lipinski definition) is 5. The molecule has 1 aliphatic rings. The second kappa shape index (κ2) is 13.4. The number of carbonyl (C=O) groups excluding carboxylic acids is 1. The average molecular weight is 453 g/mol. The molecule has 0 spiro atoms. The van der Waals surface area contributed by atoms with Crippen molar-refractivity contribution in [1.82, 2.24) is 10.2 Å². The number of allylic oxidation sites excluding steroid dienone is 1. The third kappa shape index (κ3) is 8.17. The Labute approximate surface area is 199 Å². The topological polar surface area (TPSA) is 50.8 Å². The highest BCUT2D eigenvalue weighted by molar-refractivity contribution is 5.88. The monoisotopic (exact) mass is 452 g/mol. The number of nitrogens with zero attached hydrogens (tertiary/aromatic N) is 1. The summed E-state index contributed by atoms with van der Waals surface area (Å²) in [5.74, 6) is 0.794. The summed E-state index contributed by atoms with van der Waals surface area (Å²) in [6, 6.07) is 15.7. The molecule has 1 fully saturated rings. The van der Waals surface area contributed by atoms with E-state index in [9.17, 15) is 4.79 Å². The molecule has 1 heterocycles. The van der Waals surface area contributed by atoms with Crippen LogP contribution in [0.25, 0.3) is 10.8 Å². The van der Waals surface area contributed by atoms with Crippen LogP contribution in [0.15, 0.2) is 54.1 Å². The van der Waals surface area contributed by atoms with Crippen LogP contribution in [0.5, 0.6) is 5.75 Å². The van der Waals surface area contributed by atoms with Crippen molar-refractivity contribution in [3.05, 3.63) is 54.1 Å². The number of likely N-dealkylation sites (tertiary alicyclic amines) is 1. The number of carbonyl (C=O) groups is 1. The molecule has 0 atom stereocenters. The van der Waals surface area contributed by atoms with Gasteiger partial charge in [-0.25, -0.2) is 0 Å². The number of benzene rings is 2. The summed E-state index contributed by atoms with van der Waals surface area (Å²) in [4.78, 5) is 13.9. The van der Waals surface area contributed by atoms with Gasteiger partial charge in [0.05, 0.1) is 7.11 Å². The highest BCUT2D eigenvalue weighted by atomic mass is 16.5. The predicted molar refractivity (Wildman–Crippen MR) is 136 cm³/mol. The molecule has 0 unspecified atom stereocenters. The molecular weight excluding hydrogens is 412 g/mol. The number of hydrogen-bond donors (Lipinski definition) is 1. The van der Waals surface area contributed by atoms with E-state index in [2.05, 4.69) is 66.5 Å². The minimum absolute atomic E-state index is 0.132. The zero-order valence-electron chi connectivity index (χ0n) is 20.5. The number of nitrogens with one attached hydrogen (secondary N) is 1. The molecule has 0 amide bonds. The number of rotatable bonds is 12. The van der Waals surface area contributed by atoms with Crippen molar-refractivity contribution in [1.29, 1.82) is 0 Å². The van der Waals surface area contributed by atoms with E-state index in [4.69, 9.17) is 9.47 Å². The molecule has 5 heteroatoms. The summed E-state index contributed by atoms with van der Waals surface area (Å²) >= 11 is 0. The summed E-state index contributed by atoms with van der Waals surface area (Å²) in [6.45, 7) is 8.29. The highest BCUT2D eigenvalue weighted by Gasteiger charge is 2.20. The standard InChI is InChI=1S/C28H40N2O3/c1-22(2)30-18-16-25(17-19-30)29-20-23(10-5-4-6-15-28(31)32-3)21-33-27-14-9-12-24-11-7-8-13-26(24)27/h7-14,22,25,29H,4-6,15-21H2,1-3H3/b23-10-. The van der Waals surface area contributed by atoms with Gasteiger partial charge < -0.3 is 19.7 Å². The molecule has 0 saturated carbocycles. The zero-order chi connectivity index (χ0) is 23.5. The molecule has 3 rings (SSSR count). The van der Waals surface area contributed by atoms with E-state index in [1.807, 2.05) is 6.07 Å². The molecular formula is C28H40N2O3. The number of fused-ring (bicyclic) bond motifs is 1. The largest absolute Gasteiger partial charge is 0.489 e. The van der Waals surface area contributed by atoms with Crippen LogP contribution < -0.4 is 10.1 Å². The molecule has 5 nitrogen and oxygen atoms in total. The van der Waals surface area contributed by atoms with E-state index < -0.39 is 0 Å². The lowest BCUT2D eigenvalue weighted by Crippen LogP contribution is -2.45. The number of piperidine rings is 1. The maximum Gasteiger partial charge on any atom is 0.305 e. The summed E-state index contributed by atoms with van der Waals surface area (Å²) in [7, 11) is 1.45. The molecule has 1 saturated heterocycles. The van der Waals surface area contributed by atoms with Crippen LogP contribution in [-0.4, -0.2) is 56.3 Å². The van der Waals surface area contributed by atoms with Crippen molar-refractivity contribution < 1.29 is 14.3 Å². The Bertz CT molecular complexity index is 896. The minimum atomic E-state index is -0.132. The van der Waals surface area contributed by atoms with Gasteiger partial charge in [0.25, 0.3) is 0 Å². The van der Waals surface area contributed by atoms with Crippen LogP contribution in [0.4, 0.5) is 0 Å². The average Bonchev–Trinajstić information content (AvgIpc) is 2.85. The van der Waals surface area contributed by atoms with Gasteiger partial charge in [0.15, 0.2) is 0 Å². The Hall–Kier alpha value is -2.37. The Morgan fingerprint density at radius 1 is 1.12 bits per heavy atom. The minimum Gasteiger partial charge on any atom is -0.489 e. The van der Waals surface area contributed by atoms with Crippen molar-refractivity contribution in [2.75, 3.05) is 33.4 Å². The quantitative estimate of drug-likeness (QED) is 0.268. The second-order valence-electron chi connectivity index (χ2n) is 9.24. The van der Waals surface area contributed by atoms with Crippen LogP contribution in [0.3, 0.4) is 0 Å². The van der Waals surface area contributed by atoms with Gasteiger partial charge >= 0.3 is 5.97 Å². The summed E-state index contributed by atoms with van der Waals surface area (Å²) < 4.78 is 11.0. The molecule has 2 aromatic carbocycles. The van der Waals surface area contributed by atoms with E-state index in [0.717, 1.165) is 50.0 Å². The first-order chi connectivity index (χ1) is 16.1. The third-order valence-corrected chi connectivity index (χ3v) is 6.54. The van der Waals surface area contributed by atoms with E-state index >= 15 is 0 Å². The maximum absolute atomic E-state index is 11.3. The fraction of sp³-hybridized carbons (Fsp3) is 0.536. The Balaban J connectivity index is 1.56. The molecule has 2 aromatic rings. The molecule has 1 N–H and O–H groups in total. The van der Waals surface area contributed by atoms with Gasteiger partial charge in [-0.1, -0.05) is 42.5 Å². The second-order valence-corrected chi connectivity index (χ2v) is 9.24. The first kappa shape index (κ1) is 25.3. The zero-order valence-corrected chi connectivity index (χ0v) is 20.5. The molecule has 0 radical (unpaired) electrons. The van der Waals surface area contributed by atoms with Crippen molar-refractivity contribution in [2.45, 2.75) is 64.5 Å². The first-order valence-corrected chi connectivity index (χ1v) is 12.4. The van der Waals surface area contributed by atoms with Crippen LogP contribution in [0, 0.1) is 0 Å². The predicted octanol–water partition coefficient (Wildman–Crippen LogP) is 5.34. The number of methoxy groups -OCH3 is 1. The Morgan fingerprint density at radius 3 is 2.64 bits per heavy atom. The lowest BCUT2D eigenvalue weighted by molar-refractivity contribution is -0.140. The van der Waals surface area contributed by atoms with Crippen LogP contribution >= 0.6 is 0 Å². The molecule has 33 heavy (non-hydrogen) atoms. The fourth-order valence-electron chi connectivity index (χ4n) is 4.39. The normalized spacial score (nSPS) is 15.8. The Morgan fingerprint density at radius 2 is 1.88 bits per heavy atom. The molecule has 0 aromatic heterocycles. The maximum atomic E-state index is 11.3. The Kier molecular flexibility index (Phi) is 10.2. The summed E-state index contributed by atoms with van der Waals surface area (Å²) in [5, 5.41) is 6.11. The number of ether oxygens (including phenoxy) is 2. The van der Waals surface area contributed by atoms with Gasteiger partial charge in [-0.05, 0) is 76.1 Å². The molecule has 180 valence electrons. The molecule has 0 bridgehead atoms. The lowest BCUT2D eigenvalue weighted by Gasteiger charge is -2.35. The van der Waals surface area contributed by atoms with Crippen molar-refractivity contribution in [3.8, 4) is 5.75 Å². The van der Waals surface area contributed by atoms with Crippen molar-refractivity contribution in [3.63, 3.8) is 0 Å². The first-order valence-electron chi connectivity index (χ1n) is 12.4. The van der Waals surface area contributed by atoms with Gasteiger partial charge in [0, 0.05) is 30.4 Å². The number of esters is 1. The summed E-state index contributed by atoms with van der Waals surface area (Å²) in [6.07, 6.45) is 7.92. The van der Waals surface area contributed by atoms with Crippen LogP contribution in [0.2, 0.25) is 0 Å². The smallest absolute Gasteiger partial charge is 0.305 e. The van der Waals surface area contributed by atoms with Crippen LogP contribution in [-0.2, 0) is 9.53 Å². The van der Waals surface area contributed by atoms with Gasteiger partial charge in [0.2, 0.25) is 0 Å². The van der Waals surface area contributed by atoms with E-state index in [1.165, 1.54) is 30.9 Å².